The van der Waals surface area contributed by atoms with E-state index in [-0.39, 0.29) is 0 Å². The van der Waals surface area contributed by atoms with E-state index in [2.05, 4.69) is 93.6 Å². The molecule has 1 aliphatic heterocycles. The molecule has 0 spiro atoms. The summed E-state index contributed by atoms with van der Waals surface area (Å²) in [6.45, 7) is 1.86. The van der Waals surface area contributed by atoms with Crippen LogP contribution >= 0.6 is 15.9 Å². The molecular formula is C20H16BrN. The van der Waals surface area contributed by atoms with Crippen LogP contribution in [0.1, 0.15) is 11.1 Å². The molecule has 0 N–H and O–H groups in total. The van der Waals surface area contributed by atoms with Crippen LogP contribution in [0.5, 0.6) is 0 Å². The Morgan fingerprint density at radius 2 is 1.45 bits per heavy atom. The summed E-state index contributed by atoms with van der Waals surface area (Å²) in [7, 11) is 0. The molecule has 2 heteroatoms. The second-order valence-corrected chi connectivity index (χ2v) is 6.48. The molecule has 0 aliphatic carbocycles. The zero-order valence-electron chi connectivity index (χ0n) is 12.2. The molecular weight excluding hydrogens is 334 g/mol. The summed E-state index contributed by atoms with van der Waals surface area (Å²) in [5.74, 6) is 0. The summed E-state index contributed by atoms with van der Waals surface area (Å²) in [5, 5.41) is 0. The SMILES string of the molecule is Brc1ccccc1CN1Cc2ccccc2-c2ccccc21. The average molecular weight is 350 g/mol. The first-order valence-corrected chi connectivity index (χ1v) is 8.28. The van der Waals surface area contributed by atoms with E-state index in [0.717, 1.165) is 13.1 Å². The van der Waals surface area contributed by atoms with Gasteiger partial charge in [0.05, 0.1) is 0 Å². The van der Waals surface area contributed by atoms with Gasteiger partial charge >= 0.3 is 0 Å². The lowest BCUT2D eigenvalue weighted by Gasteiger charge is -2.33. The maximum Gasteiger partial charge on any atom is 0.0452 e. The second-order valence-electron chi connectivity index (χ2n) is 5.62. The molecule has 0 saturated heterocycles. The molecule has 1 heterocycles. The largest absolute Gasteiger partial charge is 0.362 e. The van der Waals surface area contributed by atoms with Gasteiger partial charge in [-0.05, 0) is 28.8 Å². The lowest BCUT2D eigenvalue weighted by atomic mass is 9.93. The molecule has 1 aliphatic rings. The monoisotopic (exact) mass is 349 g/mol. The van der Waals surface area contributed by atoms with Crippen LogP contribution in [-0.2, 0) is 13.1 Å². The topological polar surface area (TPSA) is 3.24 Å². The van der Waals surface area contributed by atoms with E-state index in [1.165, 1.54) is 32.4 Å². The lowest BCUT2D eigenvalue weighted by molar-refractivity contribution is 0.790. The first-order valence-electron chi connectivity index (χ1n) is 7.48. The van der Waals surface area contributed by atoms with Crippen LogP contribution in [0.3, 0.4) is 0 Å². The van der Waals surface area contributed by atoms with Crippen molar-refractivity contribution < 1.29 is 0 Å². The van der Waals surface area contributed by atoms with Crippen molar-refractivity contribution in [2.75, 3.05) is 4.90 Å². The number of para-hydroxylation sites is 1. The smallest absolute Gasteiger partial charge is 0.0452 e. The summed E-state index contributed by atoms with van der Waals surface area (Å²) in [6, 6.07) is 25.9. The standard InChI is InChI=1S/C20H16BrN/c21-19-11-5-2-8-16(19)14-22-13-15-7-1-3-9-17(15)18-10-4-6-12-20(18)22/h1-12H,13-14H2. The molecule has 0 atom stereocenters. The van der Waals surface area contributed by atoms with Crippen molar-refractivity contribution in [2.45, 2.75) is 13.1 Å². The molecule has 3 aromatic carbocycles. The van der Waals surface area contributed by atoms with Gasteiger partial charge in [0.2, 0.25) is 0 Å². The predicted octanol–water partition coefficient (Wildman–Crippen LogP) is 5.64. The number of rotatable bonds is 2. The highest BCUT2D eigenvalue weighted by molar-refractivity contribution is 9.10. The summed E-state index contributed by atoms with van der Waals surface area (Å²) >= 11 is 3.67. The van der Waals surface area contributed by atoms with Crippen molar-refractivity contribution in [1.82, 2.24) is 0 Å². The number of hydrogen-bond donors (Lipinski definition) is 0. The summed E-state index contributed by atoms with van der Waals surface area (Å²) < 4.78 is 1.17. The Labute approximate surface area is 139 Å². The summed E-state index contributed by atoms with van der Waals surface area (Å²) in [6.07, 6.45) is 0. The van der Waals surface area contributed by atoms with Crippen molar-refractivity contribution in [3.8, 4) is 11.1 Å². The van der Waals surface area contributed by atoms with Crippen LogP contribution in [0.2, 0.25) is 0 Å². The first-order chi connectivity index (χ1) is 10.8. The van der Waals surface area contributed by atoms with E-state index >= 15 is 0 Å². The van der Waals surface area contributed by atoms with Gasteiger partial charge in [-0.15, -0.1) is 0 Å². The zero-order chi connectivity index (χ0) is 14.9. The van der Waals surface area contributed by atoms with Crippen LogP contribution in [0.4, 0.5) is 5.69 Å². The van der Waals surface area contributed by atoms with Gasteiger partial charge in [-0.2, -0.15) is 0 Å². The van der Waals surface area contributed by atoms with Gasteiger partial charge in [-0.3, -0.25) is 0 Å². The minimum Gasteiger partial charge on any atom is -0.362 e. The molecule has 108 valence electrons. The van der Waals surface area contributed by atoms with Crippen molar-refractivity contribution in [3.05, 3.63) is 88.4 Å². The van der Waals surface area contributed by atoms with E-state index < -0.39 is 0 Å². The van der Waals surface area contributed by atoms with Crippen molar-refractivity contribution in [1.29, 1.82) is 0 Å². The van der Waals surface area contributed by atoms with Crippen LogP contribution in [0.25, 0.3) is 11.1 Å². The van der Waals surface area contributed by atoms with Gasteiger partial charge in [-0.1, -0.05) is 76.6 Å². The Bertz CT molecular complexity index is 825. The first kappa shape index (κ1) is 13.6. The number of hydrogen-bond acceptors (Lipinski definition) is 1. The Kier molecular flexibility index (Phi) is 3.47. The predicted molar refractivity (Wildman–Crippen MR) is 95.9 cm³/mol. The minimum atomic E-state index is 0.909. The molecule has 0 bridgehead atoms. The van der Waals surface area contributed by atoms with Crippen LogP contribution in [-0.4, -0.2) is 0 Å². The third-order valence-corrected chi connectivity index (χ3v) is 5.01. The highest BCUT2D eigenvalue weighted by Gasteiger charge is 2.21. The van der Waals surface area contributed by atoms with E-state index in [9.17, 15) is 0 Å². The Morgan fingerprint density at radius 3 is 2.32 bits per heavy atom. The van der Waals surface area contributed by atoms with E-state index in [0.29, 0.717) is 0 Å². The highest BCUT2D eigenvalue weighted by atomic mass is 79.9. The van der Waals surface area contributed by atoms with Gasteiger partial charge in [0, 0.05) is 28.8 Å². The molecule has 0 unspecified atom stereocenters. The fourth-order valence-corrected chi connectivity index (χ4v) is 3.57. The minimum absolute atomic E-state index is 0.909. The normalized spacial score (nSPS) is 12.7. The fraction of sp³-hybridized carbons (Fsp3) is 0.100. The van der Waals surface area contributed by atoms with E-state index in [1.54, 1.807) is 0 Å². The van der Waals surface area contributed by atoms with Gasteiger partial charge in [-0.25, -0.2) is 0 Å². The lowest BCUT2D eigenvalue weighted by Crippen LogP contribution is -2.26. The summed E-state index contributed by atoms with van der Waals surface area (Å²) in [5.41, 5.74) is 6.72. The zero-order valence-corrected chi connectivity index (χ0v) is 13.8. The van der Waals surface area contributed by atoms with Gasteiger partial charge < -0.3 is 4.90 Å². The number of benzene rings is 3. The molecule has 0 amide bonds. The quantitative estimate of drug-likeness (QED) is 0.578. The number of anilines is 1. The number of fused-ring (bicyclic) bond motifs is 3. The second kappa shape index (κ2) is 5.62. The third kappa shape index (κ3) is 2.34. The molecule has 0 saturated carbocycles. The Balaban J connectivity index is 1.78. The number of nitrogens with zero attached hydrogens (tertiary/aromatic N) is 1. The fourth-order valence-electron chi connectivity index (χ4n) is 3.16. The molecule has 3 aromatic rings. The molecule has 1 nitrogen and oxygen atoms in total. The molecule has 0 fully saturated rings. The van der Waals surface area contributed by atoms with E-state index in [1.807, 2.05) is 0 Å². The molecule has 22 heavy (non-hydrogen) atoms. The van der Waals surface area contributed by atoms with Crippen LogP contribution in [0, 0.1) is 0 Å². The third-order valence-electron chi connectivity index (χ3n) is 4.23. The Morgan fingerprint density at radius 1 is 0.773 bits per heavy atom. The maximum atomic E-state index is 3.67. The van der Waals surface area contributed by atoms with Gasteiger partial charge in [0.15, 0.2) is 0 Å². The Hall–Kier alpha value is -2.06. The summed E-state index contributed by atoms with van der Waals surface area (Å²) in [4.78, 5) is 2.46. The van der Waals surface area contributed by atoms with Crippen molar-refractivity contribution in [2.24, 2.45) is 0 Å². The number of halogens is 1. The van der Waals surface area contributed by atoms with Gasteiger partial charge in [0.25, 0.3) is 0 Å². The van der Waals surface area contributed by atoms with Crippen molar-refractivity contribution >= 4 is 21.6 Å². The molecule has 0 aromatic heterocycles. The maximum absolute atomic E-state index is 3.67. The van der Waals surface area contributed by atoms with Crippen molar-refractivity contribution in [3.63, 3.8) is 0 Å². The van der Waals surface area contributed by atoms with E-state index in [4.69, 9.17) is 0 Å². The molecule has 0 radical (unpaired) electrons. The highest BCUT2D eigenvalue weighted by Crippen LogP contribution is 2.39. The van der Waals surface area contributed by atoms with Crippen LogP contribution in [0.15, 0.2) is 77.3 Å². The van der Waals surface area contributed by atoms with Crippen LogP contribution < -0.4 is 4.90 Å². The molecule has 4 rings (SSSR count). The van der Waals surface area contributed by atoms with Gasteiger partial charge in [0.1, 0.15) is 0 Å². The average Bonchev–Trinajstić information content (AvgIpc) is 2.57.